The summed E-state index contributed by atoms with van der Waals surface area (Å²) in [6, 6.07) is 10.3. The summed E-state index contributed by atoms with van der Waals surface area (Å²) in [6.07, 6.45) is 0.954. The second-order valence-electron chi connectivity index (χ2n) is 6.93. The lowest BCUT2D eigenvalue weighted by atomic mass is 9.93. The minimum atomic E-state index is 0.0147. The van der Waals surface area contributed by atoms with Gasteiger partial charge in [0.1, 0.15) is 5.75 Å². The number of ether oxygens (including phenoxy) is 1. The smallest absolute Gasteiger partial charge is 0.278 e. The predicted octanol–water partition coefficient (Wildman–Crippen LogP) is 2.45. The van der Waals surface area contributed by atoms with Crippen molar-refractivity contribution in [2.24, 2.45) is 5.92 Å². The second kappa shape index (κ2) is 8.02. The van der Waals surface area contributed by atoms with E-state index in [1.165, 1.54) is 10.4 Å². The summed E-state index contributed by atoms with van der Waals surface area (Å²) < 4.78 is 5.28. The van der Waals surface area contributed by atoms with E-state index in [1.807, 2.05) is 17.0 Å². The van der Waals surface area contributed by atoms with Crippen molar-refractivity contribution in [3.05, 3.63) is 51.7 Å². The van der Waals surface area contributed by atoms with E-state index in [0.29, 0.717) is 12.5 Å². The van der Waals surface area contributed by atoms with Crippen molar-refractivity contribution in [3.63, 3.8) is 0 Å². The Morgan fingerprint density at radius 2 is 2.08 bits per heavy atom. The van der Waals surface area contributed by atoms with E-state index < -0.39 is 0 Å². The van der Waals surface area contributed by atoms with E-state index in [1.54, 1.807) is 18.4 Å². The number of hydrogen-bond donors (Lipinski definition) is 1. The number of benzene rings is 1. The van der Waals surface area contributed by atoms with Crippen molar-refractivity contribution >= 4 is 17.2 Å². The third kappa shape index (κ3) is 4.05. The molecule has 0 spiro atoms. The molecule has 0 aliphatic carbocycles. The Balaban J connectivity index is 1.84. The number of carbonyl (C=O) groups excluding carboxylic acids is 1. The Kier molecular flexibility index (Phi) is 5.76. The van der Waals surface area contributed by atoms with Crippen LogP contribution in [-0.2, 0) is 11.2 Å². The van der Waals surface area contributed by atoms with Crippen molar-refractivity contribution in [2.75, 3.05) is 26.7 Å². The maximum atomic E-state index is 12.9. The first kappa shape index (κ1) is 18.0. The molecule has 2 aromatic rings. The Labute approximate surface area is 153 Å². The van der Waals surface area contributed by atoms with Gasteiger partial charge in [-0.25, -0.2) is 0 Å². The van der Waals surface area contributed by atoms with Crippen molar-refractivity contribution in [2.45, 2.75) is 26.3 Å². The average Bonchev–Trinajstić information content (AvgIpc) is 3.09. The molecular formula is C20H27N2O2S+. The molecule has 2 heterocycles. The van der Waals surface area contributed by atoms with Gasteiger partial charge in [0.15, 0.2) is 6.54 Å². The number of amides is 1. The molecule has 0 unspecified atom stereocenters. The molecular weight excluding hydrogens is 332 g/mol. The highest BCUT2D eigenvalue weighted by Crippen LogP contribution is 2.38. The van der Waals surface area contributed by atoms with E-state index in [4.69, 9.17) is 4.74 Å². The summed E-state index contributed by atoms with van der Waals surface area (Å²) in [5.41, 5.74) is 2.43. The Bertz CT molecular complexity index is 709. The second-order valence-corrected chi connectivity index (χ2v) is 7.93. The van der Waals surface area contributed by atoms with Crippen molar-refractivity contribution in [3.8, 4) is 5.75 Å². The zero-order valence-corrected chi connectivity index (χ0v) is 16.0. The minimum absolute atomic E-state index is 0.0147. The highest BCUT2D eigenvalue weighted by atomic mass is 32.1. The molecule has 5 heteroatoms. The molecule has 1 atom stereocenters. The van der Waals surface area contributed by atoms with Crippen LogP contribution in [0.5, 0.6) is 5.75 Å². The molecule has 25 heavy (non-hydrogen) atoms. The number of nitrogens with zero attached hydrogens (tertiary/aromatic N) is 1. The zero-order chi connectivity index (χ0) is 17.8. The normalized spacial score (nSPS) is 16.8. The third-order valence-electron chi connectivity index (χ3n) is 4.67. The summed E-state index contributed by atoms with van der Waals surface area (Å²) >= 11 is 1.80. The number of fused-ring (bicyclic) bond motifs is 1. The van der Waals surface area contributed by atoms with Gasteiger partial charge in [-0.2, -0.15) is 0 Å². The van der Waals surface area contributed by atoms with Gasteiger partial charge in [-0.3, -0.25) is 4.79 Å². The number of methoxy groups -OCH3 is 1. The van der Waals surface area contributed by atoms with Crippen molar-refractivity contribution in [1.29, 1.82) is 0 Å². The van der Waals surface area contributed by atoms with Crippen LogP contribution in [-0.4, -0.2) is 37.6 Å². The highest BCUT2D eigenvalue weighted by molar-refractivity contribution is 7.10. The zero-order valence-electron chi connectivity index (χ0n) is 15.2. The van der Waals surface area contributed by atoms with Crippen LogP contribution in [0, 0.1) is 5.92 Å². The first-order valence-corrected chi connectivity index (χ1v) is 9.79. The molecule has 4 nitrogen and oxygen atoms in total. The number of carbonyl (C=O) groups is 1. The Morgan fingerprint density at radius 3 is 2.76 bits per heavy atom. The lowest BCUT2D eigenvalue weighted by Crippen LogP contribution is -2.87. The van der Waals surface area contributed by atoms with Crippen LogP contribution in [0.1, 0.15) is 35.9 Å². The molecule has 0 radical (unpaired) electrons. The van der Waals surface area contributed by atoms with E-state index >= 15 is 0 Å². The van der Waals surface area contributed by atoms with Crippen LogP contribution >= 0.6 is 11.3 Å². The maximum absolute atomic E-state index is 12.9. The summed E-state index contributed by atoms with van der Waals surface area (Å²) in [5, 5.41) is 4.27. The molecule has 1 aromatic carbocycles. The molecule has 1 aliphatic heterocycles. The number of rotatable bonds is 6. The van der Waals surface area contributed by atoms with Gasteiger partial charge >= 0.3 is 0 Å². The fourth-order valence-corrected chi connectivity index (χ4v) is 4.29. The van der Waals surface area contributed by atoms with E-state index in [-0.39, 0.29) is 11.9 Å². The van der Waals surface area contributed by atoms with Crippen molar-refractivity contribution in [1.82, 2.24) is 4.90 Å². The lowest BCUT2D eigenvalue weighted by Gasteiger charge is -2.36. The first-order chi connectivity index (χ1) is 12.1. The molecule has 0 fully saturated rings. The van der Waals surface area contributed by atoms with Gasteiger partial charge in [-0.05, 0) is 41.1 Å². The standard InChI is InChI=1S/C20H26N2O2S/c1-14(2)12-21-13-19(23)22-10-8-18-17(9-11-25-18)20(22)15-4-6-16(24-3)7-5-15/h4-7,9,11,14,20-21H,8,10,12-13H2,1-3H3/p+1/t20-/m0/s1. The van der Waals surface area contributed by atoms with Gasteiger partial charge in [0.2, 0.25) is 0 Å². The fraction of sp³-hybridized carbons (Fsp3) is 0.450. The molecule has 0 bridgehead atoms. The monoisotopic (exact) mass is 359 g/mol. The van der Waals surface area contributed by atoms with Gasteiger partial charge in [-0.15, -0.1) is 11.3 Å². The number of quaternary nitrogens is 1. The van der Waals surface area contributed by atoms with Crippen LogP contribution in [0.15, 0.2) is 35.7 Å². The molecule has 1 amide bonds. The Hall–Kier alpha value is -1.85. The average molecular weight is 360 g/mol. The summed E-state index contributed by atoms with van der Waals surface area (Å²) in [4.78, 5) is 16.3. The van der Waals surface area contributed by atoms with Crippen molar-refractivity contribution < 1.29 is 14.8 Å². The van der Waals surface area contributed by atoms with E-state index in [9.17, 15) is 4.79 Å². The largest absolute Gasteiger partial charge is 0.497 e. The first-order valence-electron chi connectivity index (χ1n) is 8.91. The number of nitrogens with two attached hydrogens (primary N) is 1. The quantitative estimate of drug-likeness (QED) is 0.861. The van der Waals surface area contributed by atoms with Crippen LogP contribution in [0.2, 0.25) is 0 Å². The summed E-state index contributed by atoms with van der Waals surface area (Å²) in [5.74, 6) is 1.65. The van der Waals surface area contributed by atoms with Crippen LogP contribution in [0.3, 0.4) is 0 Å². The van der Waals surface area contributed by atoms with Gasteiger partial charge < -0.3 is 15.0 Å². The van der Waals surface area contributed by atoms with Gasteiger partial charge in [-0.1, -0.05) is 26.0 Å². The van der Waals surface area contributed by atoms with E-state index in [0.717, 1.165) is 30.8 Å². The van der Waals surface area contributed by atoms with Crippen LogP contribution < -0.4 is 10.1 Å². The third-order valence-corrected chi connectivity index (χ3v) is 5.67. The number of hydrogen-bond acceptors (Lipinski definition) is 3. The summed E-state index contributed by atoms with van der Waals surface area (Å²) in [7, 11) is 1.67. The molecule has 1 aliphatic rings. The predicted molar refractivity (Wildman–Crippen MR) is 101 cm³/mol. The lowest BCUT2D eigenvalue weighted by molar-refractivity contribution is -0.649. The maximum Gasteiger partial charge on any atom is 0.278 e. The SMILES string of the molecule is COc1ccc([C@H]2c3ccsc3CCN2C(=O)C[NH2+]CC(C)C)cc1. The molecule has 0 saturated carbocycles. The molecule has 2 N–H and O–H groups in total. The number of thiophene rings is 1. The van der Waals surface area contributed by atoms with E-state index in [2.05, 4.69) is 42.7 Å². The van der Waals surface area contributed by atoms with Gasteiger partial charge in [0.05, 0.1) is 19.7 Å². The van der Waals surface area contributed by atoms with Gasteiger partial charge in [0.25, 0.3) is 5.91 Å². The summed E-state index contributed by atoms with van der Waals surface area (Å²) in [6.45, 7) is 6.65. The highest BCUT2D eigenvalue weighted by Gasteiger charge is 2.33. The molecule has 1 aromatic heterocycles. The molecule has 0 saturated heterocycles. The van der Waals surface area contributed by atoms with Crippen LogP contribution in [0.25, 0.3) is 0 Å². The fourth-order valence-electron chi connectivity index (χ4n) is 3.39. The molecule has 134 valence electrons. The topological polar surface area (TPSA) is 46.1 Å². The molecule has 3 rings (SSSR count). The minimum Gasteiger partial charge on any atom is -0.497 e. The van der Waals surface area contributed by atoms with Crippen LogP contribution in [0.4, 0.5) is 0 Å². The Morgan fingerprint density at radius 1 is 1.32 bits per heavy atom. The van der Waals surface area contributed by atoms with Gasteiger partial charge in [0, 0.05) is 17.3 Å².